The highest BCUT2D eigenvalue weighted by molar-refractivity contribution is 7.08. The van der Waals surface area contributed by atoms with Gasteiger partial charge < -0.3 is 5.73 Å². The molecule has 0 fully saturated rings. The van der Waals surface area contributed by atoms with Gasteiger partial charge in [-0.2, -0.15) is 11.3 Å². The third kappa shape index (κ3) is 2.07. The van der Waals surface area contributed by atoms with Gasteiger partial charge in [0.2, 0.25) is 0 Å². The molecular formula is C12H12ClNS. The molecule has 1 aromatic heterocycles. The van der Waals surface area contributed by atoms with Crippen LogP contribution in [0.2, 0.25) is 5.02 Å². The van der Waals surface area contributed by atoms with Crippen molar-refractivity contribution >= 4 is 22.9 Å². The van der Waals surface area contributed by atoms with E-state index in [4.69, 9.17) is 17.3 Å². The molecule has 1 unspecified atom stereocenters. The van der Waals surface area contributed by atoms with Gasteiger partial charge in [0, 0.05) is 5.02 Å². The number of rotatable bonds is 2. The highest BCUT2D eigenvalue weighted by Gasteiger charge is 2.12. The van der Waals surface area contributed by atoms with Gasteiger partial charge in [-0.1, -0.05) is 23.7 Å². The van der Waals surface area contributed by atoms with Crippen molar-refractivity contribution < 1.29 is 0 Å². The normalized spacial score (nSPS) is 12.7. The minimum absolute atomic E-state index is 0.0741. The van der Waals surface area contributed by atoms with Crippen LogP contribution in [-0.4, -0.2) is 0 Å². The zero-order valence-electron chi connectivity index (χ0n) is 8.41. The number of nitrogens with two attached hydrogens (primary N) is 1. The zero-order chi connectivity index (χ0) is 10.8. The Morgan fingerprint density at radius 1 is 1.33 bits per heavy atom. The lowest BCUT2D eigenvalue weighted by Crippen LogP contribution is -2.12. The first-order valence-corrected chi connectivity index (χ1v) is 6.05. The van der Waals surface area contributed by atoms with Crippen molar-refractivity contribution in [3.63, 3.8) is 0 Å². The molecule has 15 heavy (non-hydrogen) atoms. The summed E-state index contributed by atoms with van der Waals surface area (Å²) in [5, 5.41) is 4.89. The summed E-state index contributed by atoms with van der Waals surface area (Å²) in [4.78, 5) is 0. The summed E-state index contributed by atoms with van der Waals surface area (Å²) < 4.78 is 0. The molecule has 0 aliphatic carbocycles. The average molecular weight is 238 g/mol. The highest BCUT2D eigenvalue weighted by atomic mass is 35.5. The number of halogens is 1. The number of thiophene rings is 1. The van der Waals surface area contributed by atoms with Gasteiger partial charge in [0.25, 0.3) is 0 Å². The molecule has 1 atom stereocenters. The summed E-state index contributed by atoms with van der Waals surface area (Å²) >= 11 is 7.73. The second-order valence-electron chi connectivity index (χ2n) is 3.49. The molecule has 1 nitrogen and oxygen atoms in total. The van der Waals surface area contributed by atoms with Crippen LogP contribution in [-0.2, 0) is 0 Å². The van der Waals surface area contributed by atoms with Gasteiger partial charge in [-0.25, -0.2) is 0 Å². The van der Waals surface area contributed by atoms with E-state index in [-0.39, 0.29) is 6.04 Å². The van der Waals surface area contributed by atoms with Crippen molar-refractivity contribution in [1.29, 1.82) is 0 Å². The van der Waals surface area contributed by atoms with Crippen LogP contribution in [0.15, 0.2) is 35.0 Å². The van der Waals surface area contributed by atoms with Crippen molar-refractivity contribution in [2.45, 2.75) is 13.0 Å². The minimum Gasteiger partial charge on any atom is -0.320 e. The van der Waals surface area contributed by atoms with E-state index in [0.717, 1.165) is 21.7 Å². The molecule has 0 bridgehead atoms. The molecule has 2 rings (SSSR count). The van der Waals surface area contributed by atoms with Crippen LogP contribution in [0.3, 0.4) is 0 Å². The van der Waals surface area contributed by atoms with Gasteiger partial charge in [0.15, 0.2) is 0 Å². The molecule has 0 radical (unpaired) electrons. The third-order valence-electron chi connectivity index (χ3n) is 2.55. The van der Waals surface area contributed by atoms with Gasteiger partial charge in [-0.15, -0.1) is 0 Å². The number of hydrogen-bond acceptors (Lipinski definition) is 2. The van der Waals surface area contributed by atoms with Crippen molar-refractivity contribution in [3.8, 4) is 0 Å². The van der Waals surface area contributed by atoms with E-state index in [1.54, 1.807) is 11.3 Å². The van der Waals surface area contributed by atoms with E-state index in [1.165, 1.54) is 0 Å². The Morgan fingerprint density at radius 3 is 2.80 bits per heavy atom. The molecule has 1 heterocycles. The Labute approximate surface area is 98.5 Å². The maximum atomic E-state index is 6.18. The van der Waals surface area contributed by atoms with Crippen molar-refractivity contribution in [3.05, 3.63) is 56.7 Å². The van der Waals surface area contributed by atoms with E-state index < -0.39 is 0 Å². The summed E-state index contributed by atoms with van der Waals surface area (Å²) in [5.74, 6) is 0. The van der Waals surface area contributed by atoms with Crippen LogP contribution in [0.4, 0.5) is 0 Å². The van der Waals surface area contributed by atoms with Gasteiger partial charge >= 0.3 is 0 Å². The first-order valence-electron chi connectivity index (χ1n) is 4.73. The van der Waals surface area contributed by atoms with Gasteiger partial charge in [-0.3, -0.25) is 0 Å². The molecule has 0 spiro atoms. The lowest BCUT2D eigenvalue weighted by Gasteiger charge is -2.14. The minimum atomic E-state index is -0.0741. The fourth-order valence-corrected chi connectivity index (χ4v) is 2.47. The average Bonchev–Trinajstić information content (AvgIpc) is 2.74. The van der Waals surface area contributed by atoms with Crippen molar-refractivity contribution in [1.82, 2.24) is 0 Å². The van der Waals surface area contributed by atoms with Crippen LogP contribution >= 0.6 is 22.9 Å². The second-order valence-corrected chi connectivity index (χ2v) is 4.68. The predicted molar refractivity (Wildman–Crippen MR) is 66.5 cm³/mol. The van der Waals surface area contributed by atoms with Gasteiger partial charge in [0.1, 0.15) is 0 Å². The monoisotopic (exact) mass is 237 g/mol. The van der Waals surface area contributed by atoms with Crippen molar-refractivity contribution in [2.24, 2.45) is 5.73 Å². The molecular weight excluding hydrogens is 226 g/mol. The Balaban J connectivity index is 2.42. The summed E-state index contributed by atoms with van der Waals surface area (Å²) in [6.07, 6.45) is 0. The van der Waals surface area contributed by atoms with Crippen LogP contribution in [0.5, 0.6) is 0 Å². The number of hydrogen-bond donors (Lipinski definition) is 1. The largest absolute Gasteiger partial charge is 0.320 e. The Morgan fingerprint density at radius 2 is 2.13 bits per heavy atom. The molecule has 78 valence electrons. The molecule has 2 N–H and O–H groups in total. The van der Waals surface area contributed by atoms with E-state index >= 15 is 0 Å². The fraction of sp³-hybridized carbons (Fsp3) is 0.167. The first-order chi connectivity index (χ1) is 7.20. The van der Waals surface area contributed by atoms with E-state index in [2.05, 4.69) is 11.4 Å². The summed E-state index contributed by atoms with van der Waals surface area (Å²) in [5.41, 5.74) is 9.49. The fourth-order valence-electron chi connectivity index (χ4n) is 1.59. The molecule has 0 aliphatic heterocycles. The Bertz CT molecular complexity index is 451. The smallest absolute Gasteiger partial charge is 0.0563 e. The summed E-state index contributed by atoms with van der Waals surface area (Å²) in [6, 6.07) is 7.84. The maximum absolute atomic E-state index is 6.18. The SMILES string of the molecule is Cc1c(Cl)cccc1C(N)c1ccsc1. The van der Waals surface area contributed by atoms with Crippen LogP contribution in [0, 0.1) is 6.92 Å². The maximum Gasteiger partial charge on any atom is 0.0563 e. The molecule has 2 aromatic rings. The van der Waals surface area contributed by atoms with E-state index in [1.807, 2.05) is 30.5 Å². The molecule has 0 saturated heterocycles. The quantitative estimate of drug-likeness (QED) is 0.846. The predicted octanol–water partition coefficient (Wildman–Crippen LogP) is 3.76. The topological polar surface area (TPSA) is 26.0 Å². The lowest BCUT2D eigenvalue weighted by atomic mass is 9.98. The first kappa shape index (κ1) is 10.7. The molecule has 1 aromatic carbocycles. The zero-order valence-corrected chi connectivity index (χ0v) is 9.98. The number of benzene rings is 1. The Kier molecular flexibility index (Phi) is 3.10. The third-order valence-corrected chi connectivity index (χ3v) is 3.66. The van der Waals surface area contributed by atoms with Gasteiger partial charge in [-0.05, 0) is 46.5 Å². The highest BCUT2D eigenvalue weighted by Crippen LogP contribution is 2.27. The molecule has 3 heteroatoms. The Hall–Kier alpha value is -0.830. The standard InChI is InChI=1S/C12H12ClNS/c1-8-10(3-2-4-11(8)13)12(14)9-5-6-15-7-9/h2-7,12H,14H2,1H3. The van der Waals surface area contributed by atoms with E-state index in [0.29, 0.717) is 0 Å². The summed E-state index contributed by atoms with van der Waals surface area (Å²) in [6.45, 7) is 2.00. The summed E-state index contributed by atoms with van der Waals surface area (Å²) in [7, 11) is 0. The van der Waals surface area contributed by atoms with Gasteiger partial charge in [0.05, 0.1) is 6.04 Å². The lowest BCUT2D eigenvalue weighted by molar-refractivity contribution is 0.867. The van der Waals surface area contributed by atoms with Crippen molar-refractivity contribution in [2.75, 3.05) is 0 Å². The molecule has 0 amide bonds. The van der Waals surface area contributed by atoms with Crippen LogP contribution in [0.1, 0.15) is 22.7 Å². The second kappa shape index (κ2) is 4.35. The van der Waals surface area contributed by atoms with E-state index in [9.17, 15) is 0 Å². The molecule has 0 saturated carbocycles. The van der Waals surface area contributed by atoms with Crippen LogP contribution in [0.25, 0.3) is 0 Å². The van der Waals surface area contributed by atoms with Crippen LogP contribution < -0.4 is 5.73 Å². The molecule has 0 aliphatic rings.